The smallest absolute Gasteiger partial charge is 0.261 e. The Labute approximate surface area is 306 Å². The first-order valence-electron chi connectivity index (χ1n) is 17.3. The molecule has 0 aliphatic carbocycles. The second kappa shape index (κ2) is 20.6. The maximum atomic E-state index is 13.4. The quantitative estimate of drug-likeness (QED) is 0.0409. The highest BCUT2D eigenvalue weighted by molar-refractivity contribution is 6.26. The molecule has 1 aliphatic heterocycles. The Balaban J connectivity index is 1.61. The fraction of sp³-hybridized carbons (Fsp3) is 0.417. The minimum absolute atomic E-state index is 0.0198. The SMILES string of the molecule is O=C(CN(CCNc1ccc2c3c(cccc13)C(=O)N(CCOCCO)C2=O)c1ccccc1N(CC(=O)NCCO)CC(=O)NCCO)NCCO. The number of carbonyl (C=O) groups is 5. The topological polar surface area (TPSA) is 233 Å². The molecular weight excluding hydrogens is 690 g/mol. The summed E-state index contributed by atoms with van der Waals surface area (Å²) in [6.45, 7) is -0.818. The van der Waals surface area contributed by atoms with Gasteiger partial charge in [0, 0.05) is 60.3 Å². The van der Waals surface area contributed by atoms with E-state index in [0.717, 1.165) is 4.90 Å². The van der Waals surface area contributed by atoms with E-state index in [0.29, 0.717) is 39.0 Å². The number of nitrogens with one attached hydrogen (secondary N) is 4. The molecule has 3 aromatic carbocycles. The van der Waals surface area contributed by atoms with Gasteiger partial charge in [0.25, 0.3) is 11.8 Å². The fourth-order valence-corrected chi connectivity index (χ4v) is 5.94. The lowest BCUT2D eigenvalue weighted by Gasteiger charge is -2.32. The summed E-state index contributed by atoms with van der Waals surface area (Å²) < 4.78 is 5.28. The molecule has 5 amide bonds. The van der Waals surface area contributed by atoms with Crippen molar-refractivity contribution in [2.75, 3.05) is 114 Å². The second-order valence-corrected chi connectivity index (χ2v) is 11.9. The van der Waals surface area contributed by atoms with E-state index in [4.69, 9.17) is 9.84 Å². The van der Waals surface area contributed by atoms with Gasteiger partial charge in [0.1, 0.15) is 0 Å². The number of ether oxygens (including phenoxy) is 1. The van der Waals surface area contributed by atoms with Gasteiger partial charge < -0.3 is 56.2 Å². The molecular formula is C36H47N7O10. The van der Waals surface area contributed by atoms with Crippen LogP contribution in [0.2, 0.25) is 0 Å². The van der Waals surface area contributed by atoms with E-state index in [1.54, 1.807) is 53.4 Å². The zero-order chi connectivity index (χ0) is 38.2. The minimum Gasteiger partial charge on any atom is -0.395 e. The molecule has 0 radical (unpaired) electrons. The van der Waals surface area contributed by atoms with Crippen LogP contribution in [-0.4, -0.2) is 153 Å². The number of imide groups is 1. The monoisotopic (exact) mass is 737 g/mol. The second-order valence-electron chi connectivity index (χ2n) is 11.9. The van der Waals surface area contributed by atoms with Gasteiger partial charge in [0.2, 0.25) is 17.7 Å². The average molecular weight is 738 g/mol. The van der Waals surface area contributed by atoms with Crippen LogP contribution in [0, 0.1) is 0 Å². The molecule has 0 saturated heterocycles. The number of aliphatic hydroxyl groups excluding tert-OH is 4. The van der Waals surface area contributed by atoms with Gasteiger partial charge in [0.15, 0.2) is 0 Å². The third-order valence-electron chi connectivity index (χ3n) is 8.25. The maximum absolute atomic E-state index is 13.4. The molecule has 8 N–H and O–H groups in total. The lowest BCUT2D eigenvalue weighted by Crippen LogP contribution is -2.45. The van der Waals surface area contributed by atoms with Crippen molar-refractivity contribution in [1.29, 1.82) is 0 Å². The zero-order valence-electron chi connectivity index (χ0n) is 29.4. The van der Waals surface area contributed by atoms with Crippen molar-refractivity contribution >= 4 is 57.4 Å². The highest BCUT2D eigenvalue weighted by atomic mass is 16.5. The van der Waals surface area contributed by atoms with E-state index < -0.39 is 23.6 Å². The summed E-state index contributed by atoms with van der Waals surface area (Å²) in [4.78, 5) is 69.8. The molecule has 0 bridgehead atoms. The highest BCUT2D eigenvalue weighted by Crippen LogP contribution is 2.35. The highest BCUT2D eigenvalue weighted by Gasteiger charge is 2.33. The van der Waals surface area contributed by atoms with Gasteiger partial charge >= 0.3 is 0 Å². The van der Waals surface area contributed by atoms with E-state index in [2.05, 4.69) is 21.3 Å². The number of aliphatic hydroxyl groups is 4. The lowest BCUT2D eigenvalue weighted by molar-refractivity contribution is -0.121. The van der Waals surface area contributed by atoms with Crippen LogP contribution in [0.3, 0.4) is 0 Å². The van der Waals surface area contributed by atoms with Gasteiger partial charge in [-0.15, -0.1) is 0 Å². The molecule has 0 unspecified atom stereocenters. The first kappa shape index (κ1) is 40.4. The predicted molar refractivity (Wildman–Crippen MR) is 197 cm³/mol. The Hall–Kier alpha value is -5.33. The molecule has 1 heterocycles. The largest absolute Gasteiger partial charge is 0.395 e. The third-order valence-corrected chi connectivity index (χ3v) is 8.25. The number of rotatable bonds is 23. The first-order chi connectivity index (χ1) is 25.7. The van der Waals surface area contributed by atoms with Crippen LogP contribution in [0.1, 0.15) is 20.7 Å². The van der Waals surface area contributed by atoms with E-state index in [1.165, 1.54) is 4.90 Å². The van der Waals surface area contributed by atoms with Gasteiger partial charge in [-0.3, -0.25) is 28.9 Å². The molecule has 0 fully saturated rings. The van der Waals surface area contributed by atoms with E-state index in [1.807, 2.05) is 6.07 Å². The Bertz CT molecular complexity index is 1700. The predicted octanol–water partition coefficient (Wildman–Crippen LogP) is -1.50. The number of hydrogen-bond donors (Lipinski definition) is 8. The van der Waals surface area contributed by atoms with Crippen LogP contribution < -0.4 is 31.1 Å². The van der Waals surface area contributed by atoms with Crippen molar-refractivity contribution in [3.05, 3.63) is 65.7 Å². The molecule has 0 saturated carbocycles. The Morgan fingerprint density at radius 3 is 1.74 bits per heavy atom. The number of para-hydroxylation sites is 2. The zero-order valence-corrected chi connectivity index (χ0v) is 29.4. The number of hydrogen-bond acceptors (Lipinski definition) is 13. The molecule has 4 rings (SSSR count). The molecule has 0 spiro atoms. The Morgan fingerprint density at radius 2 is 1.17 bits per heavy atom. The number of amides is 5. The van der Waals surface area contributed by atoms with Gasteiger partial charge in [-0.2, -0.15) is 0 Å². The average Bonchev–Trinajstić information content (AvgIpc) is 3.16. The summed E-state index contributed by atoms with van der Waals surface area (Å²) in [5.74, 6) is -2.18. The maximum Gasteiger partial charge on any atom is 0.261 e. The summed E-state index contributed by atoms with van der Waals surface area (Å²) >= 11 is 0. The number of benzene rings is 3. The molecule has 3 aromatic rings. The van der Waals surface area contributed by atoms with Crippen LogP contribution in [0.4, 0.5) is 17.1 Å². The lowest BCUT2D eigenvalue weighted by atomic mass is 9.93. The number of carbonyl (C=O) groups excluding carboxylic acids is 5. The van der Waals surface area contributed by atoms with Crippen molar-refractivity contribution in [2.24, 2.45) is 0 Å². The molecule has 17 nitrogen and oxygen atoms in total. The molecule has 53 heavy (non-hydrogen) atoms. The third kappa shape index (κ3) is 10.8. The van der Waals surface area contributed by atoms with Crippen molar-refractivity contribution in [3.8, 4) is 0 Å². The van der Waals surface area contributed by atoms with Gasteiger partial charge in [-0.05, 0) is 30.3 Å². The molecule has 286 valence electrons. The Kier molecular flexibility index (Phi) is 15.8. The summed E-state index contributed by atoms with van der Waals surface area (Å²) in [5, 5.41) is 49.0. The van der Waals surface area contributed by atoms with E-state index in [-0.39, 0.29) is 104 Å². The standard InChI is InChI=1S/C36H47N7O10/c44-16-11-38-31(48)22-41(29-6-1-2-7-30(29)42(23-32(49)39-12-17-45)24-33(50)40-13-18-46)14-10-37-28-9-8-27-34-25(28)4-3-5-26(34)35(51)43(36(27)52)15-20-53-21-19-47/h1-9,37,44-47H,10-24H2,(H,38,48)(H,39,49)(H,40,50). The van der Waals surface area contributed by atoms with Crippen LogP contribution in [0.15, 0.2) is 54.6 Å². The van der Waals surface area contributed by atoms with Crippen LogP contribution in [-0.2, 0) is 19.1 Å². The summed E-state index contributed by atoms with van der Waals surface area (Å²) in [6, 6.07) is 15.5. The fourth-order valence-electron chi connectivity index (χ4n) is 5.94. The van der Waals surface area contributed by atoms with E-state index in [9.17, 15) is 39.3 Å². The normalized spacial score (nSPS) is 12.1. The summed E-state index contributed by atoms with van der Waals surface area (Å²) in [7, 11) is 0. The molecule has 17 heteroatoms. The number of nitrogens with zero attached hydrogens (tertiary/aromatic N) is 3. The molecule has 0 aromatic heterocycles. The van der Waals surface area contributed by atoms with Crippen LogP contribution in [0.5, 0.6) is 0 Å². The van der Waals surface area contributed by atoms with Crippen molar-refractivity contribution < 1.29 is 49.1 Å². The van der Waals surface area contributed by atoms with Crippen LogP contribution >= 0.6 is 0 Å². The summed E-state index contributed by atoms with van der Waals surface area (Å²) in [6.07, 6.45) is 0. The van der Waals surface area contributed by atoms with Gasteiger partial charge in [0.05, 0.1) is 77.2 Å². The molecule has 0 atom stereocenters. The minimum atomic E-state index is -0.450. The van der Waals surface area contributed by atoms with Crippen molar-refractivity contribution in [1.82, 2.24) is 20.9 Å². The summed E-state index contributed by atoms with van der Waals surface area (Å²) in [5.41, 5.74) is 2.36. The van der Waals surface area contributed by atoms with Gasteiger partial charge in [-0.25, -0.2) is 0 Å². The van der Waals surface area contributed by atoms with Crippen molar-refractivity contribution in [2.45, 2.75) is 0 Å². The number of anilines is 3. The molecule has 1 aliphatic rings. The first-order valence-corrected chi connectivity index (χ1v) is 17.3. The van der Waals surface area contributed by atoms with Crippen LogP contribution in [0.25, 0.3) is 10.8 Å². The van der Waals surface area contributed by atoms with Gasteiger partial charge in [-0.1, -0.05) is 24.3 Å². The Morgan fingerprint density at radius 1 is 0.623 bits per heavy atom. The van der Waals surface area contributed by atoms with E-state index >= 15 is 0 Å². The van der Waals surface area contributed by atoms with Crippen molar-refractivity contribution in [3.63, 3.8) is 0 Å².